The van der Waals surface area contributed by atoms with Crippen LogP contribution in [0.4, 0.5) is 5.69 Å². The fourth-order valence-electron chi connectivity index (χ4n) is 1.74. The van der Waals surface area contributed by atoms with Gasteiger partial charge in [-0.2, -0.15) is 0 Å². The molecule has 0 aromatic carbocycles. The van der Waals surface area contributed by atoms with Gasteiger partial charge < -0.3 is 15.0 Å². The molecule has 0 aliphatic heterocycles. The van der Waals surface area contributed by atoms with Gasteiger partial charge in [0.1, 0.15) is 5.69 Å². The van der Waals surface area contributed by atoms with E-state index in [1.165, 1.54) is 16.8 Å². The maximum Gasteiger partial charge on any atom is 0.303 e. The molecule has 1 amide bonds. The maximum atomic E-state index is 11.9. The summed E-state index contributed by atoms with van der Waals surface area (Å²) >= 11 is 0. The van der Waals surface area contributed by atoms with E-state index in [1.54, 1.807) is 0 Å². The highest BCUT2D eigenvalue weighted by atomic mass is 16.6. The third-order valence-electron chi connectivity index (χ3n) is 2.64. The van der Waals surface area contributed by atoms with Gasteiger partial charge in [0.15, 0.2) is 0 Å². The Labute approximate surface area is 115 Å². The number of nitrogens with one attached hydrogen (secondary N) is 1. The van der Waals surface area contributed by atoms with Gasteiger partial charge in [0.05, 0.1) is 11.1 Å². The number of hydrogen-bond donors (Lipinski definition) is 2. The Morgan fingerprint density at radius 1 is 1.50 bits per heavy atom. The van der Waals surface area contributed by atoms with Crippen LogP contribution >= 0.6 is 0 Å². The number of carbonyl (C=O) groups excluding carboxylic acids is 1. The van der Waals surface area contributed by atoms with Crippen molar-refractivity contribution < 1.29 is 19.6 Å². The molecule has 8 nitrogen and oxygen atoms in total. The van der Waals surface area contributed by atoms with Gasteiger partial charge in [0.25, 0.3) is 11.6 Å². The number of aromatic nitrogens is 1. The molecule has 1 aromatic rings. The van der Waals surface area contributed by atoms with Crippen LogP contribution in [-0.4, -0.2) is 33.0 Å². The van der Waals surface area contributed by atoms with Crippen molar-refractivity contribution in [2.45, 2.75) is 32.7 Å². The zero-order chi connectivity index (χ0) is 15.1. The standard InChI is InChI=1S/C12H17N3O5/c1-2-6-14-8-9(15(19)20)7-10(14)12(18)13-5-3-4-11(16)17/h7-8H,2-6H2,1H3,(H,13,18)(H,16,17). The molecule has 1 aromatic heterocycles. The molecular weight excluding hydrogens is 266 g/mol. The van der Waals surface area contributed by atoms with Crippen molar-refractivity contribution in [1.82, 2.24) is 9.88 Å². The van der Waals surface area contributed by atoms with Crippen LogP contribution in [0.2, 0.25) is 0 Å². The Morgan fingerprint density at radius 2 is 2.20 bits per heavy atom. The molecule has 0 aliphatic carbocycles. The molecule has 0 saturated carbocycles. The highest BCUT2D eigenvalue weighted by Crippen LogP contribution is 2.17. The summed E-state index contributed by atoms with van der Waals surface area (Å²) in [5.41, 5.74) is 0.0861. The van der Waals surface area contributed by atoms with E-state index in [2.05, 4.69) is 5.32 Å². The predicted molar refractivity (Wildman–Crippen MR) is 70.6 cm³/mol. The van der Waals surface area contributed by atoms with E-state index in [-0.39, 0.29) is 24.3 Å². The molecule has 0 radical (unpaired) electrons. The third-order valence-corrected chi connectivity index (χ3v) is 2.64. The second-order valence-corrected chi connectivity index (χ2v) is 4.29. The second-order valence-electron chi connectivity index (χ2n) is 4.29. The smallest absolute Gasteiger partial charge is 0.303 e. The number of aliphatic carboxylic acids is 1. The largest absolute Gasteiger partial charge is 0.481 e. The molecule has 0 spiro atoms. The quantitative estimate of drug-likeness (QED) is 0.425. The van der Waals surface area contributed by atoms with Crippen LogP contribution < -0.4 is 5.32 Å². The zero-order valence-corrected chi connectivity index (χ0v) is 11.2. The van der Waals surface area contributed by atoms with Crippen molar-refractivity contribution >= 4 is 17.6 Å². The second kappa shape index (κ2) is 7.27. The monoisotopic (exact) mass is 283 g/mol. The minimum absolute atomic E-state index is 0.0313. The van der Waals surface area contributed by atoms with Gasteiger partial charge in [-0.25, -0.2) is 0 Å². The minimum Gasteiger partial charge on any atom is -0.481 e. The summed E-state index contributed by atoms with van der Waals surface area (Å²) in [6.07, 6.45) is 2.36. The number of aryl methyl sites for hydroxylation is 1. The van der Waals surface area contributed by atoms with Gasteiger partial charge in [0.2, 0.25) is 0 Å². The first-order valence-electron chi connectivity index (χ1n) is 6.30. The van der Waals surface area contributed by atoms with Crippen LogP contribution in [0.1, 0.15) is 36.7 Å². The van der Waals surface area contributed by atoms with E-state index in [9.17, 15) is 19.7 Å². The minimum atomic E-state index is -0.927. The van der Waals surface area contributed by atoms with Crippen molar-refractivity contribution in [3.05, 3.63) is 28.1 Å². The normalized spacial score (nSPS) is 10.2. The molecule has 2 N–H and O–H groups in total. The Balaban J connectivity index is 2.70. The summed E-state index contributed by atoms with van der Waals surface area (Å²) in [6, 6.07) is 1.22. The molecule has 8 heteroatoms. The van der Waals surface area contributed by atoms with Crippen LogP contribution in [0.25, 0.3) is 0 Å². The summed E-state index contributed by atoms with van der Waals surface area (Å²) in [4.78, 5) is 32.4. The molecule has 0 atom stereocenters. The number of amides is 1. The molecule has 1 heterocycles. The molecule has 1 rings (SSSR count). The van der Waals surface area contributed by atoms with E-state index in [1.807, 2.05) is 6.92 Å². The first-order chi connectivity index (χ1) is 9.45. The molecule has 0 unspecified atom stereocenters. The highest BCUT2D eigenvalue weighted by molar-refractivity contribution is 5.93. The lowest BCUT2D eigenvalue weighted by atomic mass is 10.3. The number of carboxylic acids is 1. The number of carboxylic acid groups (broad SMARTS) is 1. The summed E-state index contributed by atoms with van der Waals surface area (Å²) in [5.74, 6) is -1.36. The van der Waals surface area contributed by atoms with Crippen LogP contribution in [0.15, 0.2) is 12.3 Å². The van der Waals surface area contributed by atoms with E-state index in [0.717, 1.165) is 6.42 Å². The number of nitro groups is 1. The molecule has 0 bridgehead atoms. The predicted octanol–water partition coefficient (Wildman–Crippen LogP) is 1.40. The van der Waals surface area contributed by atoms with Gasteiger partial charge in [-0.05, 0) is 12.8 Å². The average molecular weight is 283 g/mol. The van der Waals surface area contributed by atoms with Crippen LogP contribution in [-0.2, 0) is 11.3 Å². The van der Waals surface area contributed by atoms with Crippen molar-refractivity contribution in [3.8, 4) is 0 Å². The molecule has 20 heavy (non-hydrogen) atoms. The van der Waals surface area contributed by atoms with Crippen LogP contribution in [0.5, 0.6) is 0 Å². The number of hydrogen-bond acceptors (Lipinski definition) is 4. The fraction of sp³-hybridized carbons (Fsp3) is 0.500. The summed E-state index contributed by atoms with van der Waals surface area (Å²) in [7, 11) is 0. The lowest BCUT2D eigenvalue weighted by Gasteiger charge is -2.07. The number of carbonyl (C=O) groups is 2. The number of rotatable bonds is 8. The first-order valence-corrected chi connectivity index (χ1v) is 6.30. The molecule has 0 fully saturated rings. The Bertz CT molecular complexity index is 509. The van der Waals surface area contributed by atoms with Gasteiger partial charge >= 0.3 is 5.97 Å². The van der Waals surface area contributed by atoms with Crippen molar-refractivity contribution in [2.75, 3.05) is 6.54 Å². The summed E-state index contributed by atoms with van der Waals surface area (Å²) < 4.78 is 1.53. The molecule has 0 aliphatic rings. The highest BCUT2D eigenvalue weighted by Gasteiger charge is 2.18. The Hall–Kier alpha value is -2.38. The first kappa shape index (κ1) is 15.7. The number of nitrogens with zero attached hydrogens (tertiary/aromatic N) is 2. The van der Waals surface area contributed by atoms with E-state index in [0.29, 0.717) is 13.0 Å². The lowest BCUT2D eigenvalue weighted by Crippen LogP contribution is -2.27. The van der Waals surface area contributed by atoms with Gasteiger partial charge in [-0.1, -0.05) is 6.92 Å². The average Bonchev–Trinajstić information content (AvgIpc) is 2.79. The van der Waals surface area contributed by atoms with Gasteiger partial charge in [-0.15, -0.1) is 0 Å². The maximum absolute atomic E-state index is 11.9. The van der Waals surface area contributed by atoms with E-state index in [4.69, 9.17) is 5.11 Å². The topological polar surface area (TPSA) is 114 Å². The Morgan fingerprint density at radius 3 is 2.75 bits per heavy atom. The third kappa shape index (κ3) is 4.38. The molecular formula is C12H17N3O5. The van der Waals surface area contributed by atoms with Crippen molar-refractivity contribution in [1.29, 1.82) is 0 Å². The van der Waals surface area contributed by atoms with E-state index < -0.39 is 16.8 Å². The fourth-order valence-corrected chi connectivity index (χ4v) is 1.74. The van der Waals surface area contributed by atoms with Crippen LogP contribution in [0.3, 0.4) is 0 Å². The Kier molecular flexibility index (Phi) is 5.70. The SMILES string of the molecule is CCCn1cc([N+](=O)[O-])cc1C(=O)NCCCC(=O)O. The summed E-state index contributed by atoms with van der Waals surface area (Å²) in [5, 5.41) is 21.8. The van der Waals surface area contributed by atoms with Gasteiger partial charge in [0, 0.05) is 25.6 Å². The lowest BCUT2D eigenvalue weighted by molar-refractivity contribution is -0.384. The van der Waals surface area contributed by atoms with Crippen molar-refractivity contribution in [2.24, 2.45) is 0 Å². The van der Waals surface area contributed by atoms with E-state index >= 15 is 0 Å². The molecule has 0 saturated heterocycles. The van der Waals surface area contributed by atoms with Crippen molar-refractivity contribution in [3.63, 3.8) is 0 Å². The van der Waals surface area contributed by atoms with Crippen LogP contribution in [0, 0.1) is 10.1 Å². The molecule has 110 valence electrons. The summed E-state index contributed by atoms with van der Waals surface area (Å²) in [6.45, 7) is 2.63. The zero-order valence-electron chi connectivity index (χ0n) is 11.2. The van der Waals surface area contributed by atoms with Gasteiger partial charge in [-0.3, -0.25) is 19.7 Å².